The monoisotopic (exact) mass is 432 g/mol. The summed E-state index contributed by atoms with van der Waals surface area (Å²) < 4.78 is 7.35. The number of aromatic nitrogens is 4. The van der Waals surface area contributed by atoms with Gasteiger partial charge >= 0.3 is 154 Å². The van der Waals surface area contributed by atoms with E-state index < -0.39 is 36.6 Å². The first-order valence-corrected chi connectivity index (χ1v) is 10.3. The topological polar surface area (TPSA) is 183 Å². The predicted octanol–water partition coefficient (Wildman–Crippen LogP) is -1.63. The van der Waals surface area contributed by atoms with Gasteiger partial charge in [-0.2, -0.15) is 0 Å². The van der Waals surface area contributed by atoms with Crippen LogP contribution < -0.4 is 11.5 Å². The molecule has 0 spiro atoms. The van der Waals surface area contributed by atoms with Crippen molar-refractivity contribution < 1.29 is 24.9 Å². The molecule has 0 bridgehead atoms. The summed E-state index contributed by atoms with van der Waals surface area (Å²) >= 11 is 0.0247. The Morgan fingerprint density at radius 2 is 2.12 bits per heavy atom. The maximum absolute atomic E-state index is 10.7. The molecule has 1 aliphatic rings. The van der Waals surface area contributed by atoms with Gasteiger partial charge in [-0.3, -0.25) is 0 Å². The Labute approximate surface area is 154 Å². The van der Waals surface area contributed by atoms with Crippen LogP contribution in [0.3, 0.4) is 0 Å². The van der Waals surface area contributed by atoms with Crippen LogP contribution in [0.4, 0.5) is 5.82 Å². The molecular weight excluding hydrogens is 411 g/mol. The van der Waals surface area contributed by atoms with Crippen molar-refractivity contribution in [2.45, 2.75) is 47.6 Å². The molecule has 0 aliphatic carbocycles. The van der Waals surface area contributed by atoms with Crippen molar-refractivity contribution in [1.29, 1.82) is 0 Å². The van der Waals surface area contributed by atoms with Crippen molar-refractivity contribution in [2.75, 3.05) is 5.73 Å². The number of carbonyl (C=O) groups is 1. The van der Waals surface area contributed by atoms with E-state index in [0.29, 0.717) is 28.2 Å². The normalized spacial score (nSPS) is 27.0. The second kappa shape index (κ2) is 7.82. The first kappa shape index (κ1) is 19.0. The number of hydrogen-bond acceptors (Lipinski definition) is 9. The molecule has 1 fully saturated rings. The van der Waals surface area contributed by atoms with E-state index in [1.807, 2.05) is 0 Å². The molecule has 5 atom stereocenters. The number of nitrogens with two attached hydrogens (primary N) is 2. The summed E-state index contributed by atoms with van der Waals surface area (Å²) in [6.45, 7) is 0. The first-order valence-electron chi connectivity index (χ1n) is 7.91. The molecule has 26 heavy (non-hydrogen) atoms. The van der Waals surface area contributed by atoms with Crippen molar-refractivity contribution in [3.8, 4) is 0 Å². The fourth-order valence-electron chi connectivity index (χ4n) is 2.69. The van der Waals surface area contributed by atoms with Gasteiger partial charge in [0, 0.05) is 0 Å². The zero-order valence-corrected chi connectivity index (χ0v) is 15.4. The molecule has 0 radical (unpaired) electrons. The van der Waals surface area contributed by atoms with E-state index in [0.717, 1.165) is 0 Å². The summed E-state index contributed by atoms with van der Waals surface area (Å²) in [6.07, 6.45) is -0.515. The fraction of sp³-hybridized carbons (Fsp3) is 0.571. The molecule has 0 aromatic carbocycles. The number of carboxylic acid groups (broad SMARTS) is 1. The van der Waals surface area contributed by atoms with E-state index in [-0.39, 0.29) is 20.8 Å². The number of anilines is 1. The Hall–Kier alpha value is -1.82. The van der Waals surface area contributed by atoms with Crippen molar-refractivity contribution in [2.24, 2.45) is 5.73 Å². The number of rotatable bonds is 7. The number of nitrogens with zero attached hydrogens (tertiary/aromatic N) is 4. The summed E-state index contributed by atoms with van der Waals surface area (Å²) in [4.78, 5) is 22.8. The number of nitrogen functional groups attached to an aromatic ring is 1. The second-order valence-corrected chi connectivity index (χ2v) is 8.35. The van der Waals surface area contributed by atoms with Crippen LogP contribution in [0.5, 0.6) is 0 Å². The molecule has 1 saturated heterocycles. The van der Waals surface area contributed by atoms with Gasteiger partial charge in [-0.25, -0.2) is 0 Å². The SMILES string of the molecule is Nc1ncnc2c1ncn2[C@@H]1O[C@@H](C[Se]CC[C@H](N)C(=O)O)[C@H](O)[C@H]1O. The molecular formula is C14H20N6O5Se. The van der Waals surface area contributed by atoms with Crippen LogP contribution in [0.1, 0.15) is 12.6 Å². The summed E-state index contributed by atoms with van der Waals surface area (Å²) in [5, 5.41) is 30.6. The predicted molar refractivity (Wildman–Crippen MR) is 91.3 cm³/mol. The minimum atomic E-state index is -1.15. The van der Waals surface area contributed by atoms with Crippen molar-refractivity contribution in [1.82, 2.24) is 19.5 Å². The van der Waals surface area contributed by atoms with E-state index in [4.69, 9.17) is 21.3 Å². The van der Waals surface area contributed by atoms with E-state index in [9.17, 15) is 15.0 Å². The Kier molecular flexibility index (Phi) is 5.70. The van der Waals surface area contributed by atoms with E-state index in [2.05, 4.69) is 15.0 Å². The van der Waals surface area contributed by atoms with Crippen molar-refractivity contribution in [3.63, 3.8) is 0 Å². The molecule has 2 aromatic rings. The number of carboxylic acids is 1. The van der Waals surface area contributed by atoms with Crippen LogP contribution >= 0.6 is 0 Å². The van der Waals surface area contributed by atoms with E-state index in [1.54, 1.807) is 0 Å². The quantitative estimate of drug-likeness (QED) is 0.252. The Balaban J connectivity index is 1.64. The summed E-state index contributed by atoms with van der Waals surface area (Å²) in [6, 6.07) is -0.882. The van der Waals surface area contributed by atoms with Crippen LogP contribution in [0.15, 0.2) is 12.7 Å². The zero-order chi connectivity index (χ0) is 18.8. The van der Waals surface area contributed by atoms with Crippen LogP contribution in [0.25, 0.3) is 11.2 Å². The van der Waals surface area contributed by atoms with Crippen LogP contribution in [0, 0.1) is 0 Å². The summed E-state index contributed by atoms with van der Waals surface area (Å²) in [7, 11) is 0. The Bertz CT molecular complexity index is 788. The Morgan fingerprint density at radius 3 is 2.85 bits per heavy atom. The van der Waals surface area contributed by atoms with Crippen LogP contribution in [0.2, 0.25) is 10.6 Å². The van der Waals surface area contributed by atoms with Gasteiger partial charge in [0.05, 0.1) is 0 Å². The van der Waals surface area contributed by atoms with Crippen LogP contribution in [-0.4, -0.2) is 80.1 Å². The van der Waals surface area contributed by atoms with Gasteiger partial charge in [0.2, 0.25) is 0 Å². The van der Waals surface area contributed by atoms with Gasteiger partial charge in [0.25, 0.3) is 0 Å². The average molecular weight is 431 g/mol. The van der Waals surface area contributed by atoms with E-state index in [1.165, 1.54) is 17.2 Å². The Morgan fingerprint density at radius 1 is 1.35 bits per heavy atom. The van der Waals surface area contributed by atoms with Crippen molar-refractivity contribution in [3.05, 3.63) is 12.7 Å². The summed E-state index contributed by atoms with van der Waals surface area (Å²) in [5.41, 5.74) is 12.0. The van der Waals surface area contributed by atoms with Crippen LogP contribution in [-0.2, 0) is 9.53 Å². The molecule has 0 saturated carbocycles. The second-order valence-electron chi connectivity index (χ2n) is 5.94. The number of ether oxygens (including phenoxy) is 1. The average Bonchev–Trinajstić information content (AvgIpc) is 3.15. The number of imidazole rings is 1. The van der Waals surface area contributed by atoms with Gasteiger partial charge in [-0.1, -0.05) is 0 Å². The molecule has 0 amide bonds. The molecule has 11 nitrogen and oxygen atoms in total. The number of hydrogen-bond donors (Lipinski definition) is 5. The number of aliphatic hydroxyl groups excluding tert-OH is 2. The van der Waals surface area contributed by atoms with E-state index >= 15 is 0 Å². The standard InChI is InChI=1S/C14H20N6O5Se/c15-6(14(23)24)1-2-26-3-7-9(21)10(22)13(25-7)20-5-19-8-11(16)17-4-18-12(8)20/h4-7,9-10,13,21-22H,1-3,15H2,(H,23,24)(H2,16,17,18)/t6-,7-,9-,10+,13+/m0/s1. The molecule has 7 N–H and O–H groups in total. The molecule has 142 valence electrons. The molecule has 0 unspecified atom stereocenters. The fourth-order valence-corrected chi connectivity index (χ4v) is 4.98. The third-order valence-electron chi connectivity index (χ3n) is 4.17. The molecule has 3 heterocycles. The van der Waals surface area contributed by atoms with Gasteiger partial charge in [-0.15, -0.1) is 0 Å². The van der Waals surface area contributed by atoms with Gasteiger partial charge < -0.3 is 0 Å². The maximum atomic E-state index is 10.7. The van der Waals surface area contributed by atoms with Gasteiger partial charge in [0.15, 0.2) is 0 Å². The summed E-state index contributed by atoms with van der Waals surface area (Å²) in [5.74, 6) is -0.807. The van der Waals surface area contributed by atoms with Crippen molar-refractivity contribution >= 4 is 37.9 Å². The van der Waals surface area contributed by atoms with Gasteiger partial charge in [0.1, 0.15) is 0 Å². The minimum absolute atomic E-state index is 0.0247. The zero-order valence-electron chi connectivity index (χ0n) is 13.7. The third-order valence-corrected chi connectivity index (χ3v) is 6.45. The third kappa shape index (κ3) is 3.65. The molecule has 2 aromatic heterocycles. The molecule has 1 aliphatic heterocycles. The number of aliphatic hydroxyl groups is 2. The first-order chi connectivity index (χ1) is 12.4. The molecule has 3 rings (SSSR count). The number of aliphatic carboxylic acids is 1. The van der Waals surface area contributed by atoms with Gasteiger partial charge in [-0.05, 0) is 0 Å². The molecule has 12 heteroatoms. The number of fused-ring (bicyclic) bond motifs is 1.